The number of rotatable bonds is 7. The van der Waals surface area contributed by atoms with E-state index in [0.717, 1.165) is 13.0 Å². The van der Waals surface area contributed by atoms with E-state index in [1.807, 2.05) is 0 Å². The van der Waals surface area contributed by atoms with Gasteiger partial charge in [0.25, 0.3) is 5.91 Å². The third kappa shape index (κ3) is 6.66. The minimum absolute atomic E-state index is 0.150. The number of benzene rings is 2. The van der Waals surface area contributed by atoms with Crippen molar-refractivity contribution in [3.8, 4) is 17.4 Å². The first kappa shape index (κ1) is 27.2. The molecule has 37 heavy (non-hydrogen) atoms. The molecule has 0 bridgehead atoms. The van der Waals surface area contributed by atoms with Crippen molar-refractivity contribution in [2.24, 2.45) is 0 Å². The molecule has 0 saturated carbocycles. The van der Waals surface area contributed by atoms with E-state index in [9.17, 15) is 27.2 Å². The Morgan fingerprint density at radius 3 is 2.35 bits per heavy atom. The molecule has 1 heterocycles. The molecule has 2 aromatic carbocycles. The fourth-order valence-electron chi connectivity index (χ4n) is 3.21. The van der Waals surface area contributed by atoms with Gasteiger partial charge in [-0.05, 0) is 44.5 Å². The van der Waals surface area contributed by atoms with Gasteiger partial charge in [0.1, 0.15) is 17.3 Å². The van der Waals surface area contributed by atoms with Crippen LogP contribution in [0.15, 0.2) is 48.7 Å². The van der Waals surface area contributed by atoms with Crippen LogP contribution in [0.3, 0.4) is 0 Å². The van der Waals surface area contributed by atoms with Crippen molar-refractivity contribution >= 4 is 23.4 Å². The quantitative estimate of drug-likeness (QED) is 0.368. The molecule has 8 nitrogen and oxygen atoms in total. The number of methoxy groups -OCH3 is 1. The third-order valence-corrected chi connectivity index (χ3v) is 5.17. The Bertz CT molecular complexity index is 1300. The van der Waals surface area contributed by atoms with E-state index in [-0.39, 0.29) is 17.3 Å². The summed E-state index contributed by atoms with van der Waals surface area (Å²) in [6, 6.07) is 9.28. The number of nitrogens with one attached hydrogen (secondary N) is 2. The second kappa shape index (κ2) is 11.1. The summed E-state index contributed by atoms with van der Waals surface area (Å²) in [4.78, 5) is 29.4. The summed E-state index contributed by atoms with van der Waals surface area (Å²) < 4.78 is 69.7. The lowest BCUT2D eigenvalue weighted by molar-refractivity contribution is -0.189. The van der Waals surface area contributed by atoms with Gasteiger partial charge < -0.3 is 19.5 Å². The number of aryl methyl sites for hydroxylation is 1. The number of aromatic nitrogens is 1. The fourth-order valence-corrected chi connectivity index (χ4v) is 3.21. The van der Waals surface area contributed by atoms with Gasteiger partial charge in [0.15, 0.2) is 6.10 Å². The van der Waals surface area contributed by atoms with Crippen molar-refractivity contribution in [1.82, 2.24) is 4.98 Å². The molecule has 2 amide bonds. The maximum absolute atomic E-state index is 14.9. The summed E-state index contributed by atoms with van der Waals surface area (Å²) in [5.74, 6) is -2.32. The number of halogens is 4. The molecule has 196 valence electrons. The Morgan fingerprint density at radius 1 is 1.05 bits per heavy atom. The number of hydrogen-bond donors (Lipinski definition) is 2. The molecular weight excluding hydrogens is 498 g/mol. The zero-order chi connectivity index (χ0) is 27.3. The Balaban J connectivity index is 1.96. The van der Waals surface area contributed by atoms with Crippen LogP contribution in [0.25, 0.3) is 0 Å². The highest BCUT2D eigenvalue weighted by molar-refractivity contribution is 6.07. The van der Waals surface area contributed by atoms with E-state index in [4.69, 9.17) is 14.2 Å². The highest BCUT2D eigenvalue weighted by Crippen LogP contribution is 2.33. The molecule has 1 atom stereocenters. The third-order valence-electron chi connectivity index (χ3n) is 5.17. The lowest BCUT2D eigenvalue weighted by Gasteiger charge is -2.21. The van der Waals surface area contributed by atoms with Crippen LogP contribution in [-0.2, 0) is 0 Å². The number of nitrogens with zero attached hydrogens (tertiary/aromatic N) is 1. The van der Waals surface area contributed by atoms with Crippen LogP contribution in [0.1, 0.15) is 28.4 Å². The number of pyridine rings is 1. The molecule has 1 aromatic heterocycles. The average molecular weight is 521 g/mol. The number of ether oxygens (including phenoxy) is 3. The van der Waals surface area contributed by atoms with Gasteiger partial charge in [-0.15, -0.1) is 0 Å². The zero-order valence-electron chi connectivity index (χ0n) is 20.2. The normalized spacial score (nSPS) is 11.9. The van der Waals surface area contributed by atoms with Crippen molar-refractivity contribution in [2.75, 3.05) is 17.7 Å². The molecule has 0 aliphatic heterocycles. The first-order chi connectivity index (χ1) is 17.4. The zero-order valence-corrected chi connectivity index (χ0v) is 20.2. The van der Waals surface area contributed by atoms with E-state index in [0.29, 0.717) is 17.2 Å². The lowest BCUT2D eigenvalue weighted by Crippen LogP contribution is -2.32. The molecule has 0 unspecified atom stereocenters. The van der Waals surface area contributed by atoms with Gasteiger partial charge in [0, 0.05) is 17.8 Å². The topological polar surface area (TPSA) is 98.8 Å². The van der Waals surface area contributed by atoms with Crippen molar-refractivity contribution < 1.29 is 41.4 Å². The summed E-state index contributed by atoms with van der Waals surface area (Å²) in [5, 5.41) is 4.65. The summed E-state index contributed by atoms with van der Waals surface area (Å²) in [6.07, 6.45) is -6.81. The Labute approximate surface area is 209 Å². The number of amides is 2. The van der Waals surface area contributed by atoms with Crippen LogP contribution in [0.2, 0.25) is 0 Å². The van der Waals surface area contributed by atoms with Crippen LogP contribution >= 0.6 is 0 Å². The molecule has 0 spiro atoms. The number of hydrogen-bond acceptors (Lipinski definition) is 6. The van der Waals surface area contributed by atoms with Gasteiger partial charge in [-0.1, -0.05) is 18.2 Å². The SMILES string of the molecule is COc1ncc(C)c(NC(=O)c2cc(F)c(NC(=O)Oc3ccccc3)cc2O[C@@H](C)C(F)(F)F)c1C. The largest absolute Gasteiger partial charge is 0.481 e. The highest BCUT2D eigenvalue weighted by Gasteiger charge is 2.39. The van der Waals surface area contributed by atoms with Crippen molar-refractivity contribution in [3.63, 3.8) is 0 Å². The van der Waals surface area contributed by atoms with Gasteiger partial charge in [0.2, 0.25) is 5.88 Å². The molecule has 0 radical (unpaired) electrons. The van der Waals surface area contributed by atoms with Crippen LogP contribution in [0, 0.1) is 19.7 Å². The Hall–Kier alpha value is -4.35. The highest BCUT2D eigenvalue weighted by atomic mass is 19.4. The van der Waals surface area contributed by atoms with Crippen molar-refractivity contribution in [3.05, 3.63) is 71.2 Å². The van der Waals surface area contributed by atoms with Gasteiger partial charge in [-0.25, -0.2) is 14.2 Å². The molecule has 0 fully saturated rings. The molecule has 3 rings (SSSR count). The smallest absolute Gasteiger partial charge is 0.425 e. The Kier molecular flexibility index (Phi) is 8.21. The lowest BCUT2D eigenvalue weighted by atomic mass is 10.1. The van der Waals surface area contributed by atoms with Gasteiger partial charge in [-0.3, -0.25) is 10.1 Å². The maximum Gasteiger partial charge on any atom is 0.425 e. The molecule has 3 aromatic rings. The molecule has 0 aliphatic rings. The second-order valence-electron chi connectivity index (χ2n) is 7.86. The minimum atomic E-state index is -4.78. The molecule has 2 N–H and O–H groups in total. The Morgan fingerprint density at radius 2 is 1.73 bits per heavy atom. The molecular formula is C25H23F4N3O5. The number of carbonyl (C=O) groups is 2. The first-order valence-corrected chi connectivity index (χ1v) is 10.8. The number of alkyl halides is 3. The number of carbonyl (C=O) groups excluding carboxylic acids is 2. The van der Waals surface area contributed by atoms with E-state index >= 15 is 0 Å². The van der Waals surface area contributed by atoms with Gasteiger partial charge in [-0.2, -0.15) is 13.2 Å². The summed E-state index contributed by atoms with van der Waals surface area (Å²) in [6.45, 7) is 3.98. The van der Waals surface area contributed by atoms with E-state index < -0.39 is 47.1 Å². The summed E-state index contributed by atoms with van der Waals surface area (Å²) >= 11 is 0. The number of para-hydroxylation sites is 1. The van der Waals surface area contributed by atoms with Crippen LogP contribution in [-0.4, -0.2) is 36.4 Å². The maximum atomic E-state index is 14.9. The fraction of sp³-hybridized carbons (Fsp3) is 0.240. The van der Waals surface area contributed by atoms with Gasteiger partial charge >= 0.3 is 12.3 Å². The van der Waals surface area contributed by atoms with Crippen LogP contribution < -0.4 is 24.8 Å². The van der Waals surface area contributed by atoms with E-state index in [1.165, 1.54) is 25.4 Å². The molecule has 12 heteroatoms. The molecule has 0 saturated heterocycles. The minimum Gasteiger partial charge on any atom is -0.481 e. The first-order valence-electron chi connectivity index (χ1n) is 10.8. The standard InChI is InChI=1S/C25H23F4N3O5/c1-13-12-30-23(35-4)14(2)21(13)32-22(33)17-10-18(26)19(11-20(17)36-15(3)25(27,28)29)31-24(34)37-16-8-6-5-7-9-16/h5-12,15H,1-4H3,(H,31,34)(H,30,32,33)/t15-/m0/s1. The monoisotopic (exact) mass is 521 g/mol. The summed E-state index contributed by atoms with van der Waals surface area (Å²) in [7, 11) is 1.38. The predicted molar refractivity (Wildman–Crippen MR) is 127 cm³/mol. The summed E-state index contributed by atoms with van der Waals surface area (Å²) in [5.41, 5.74) is 0.162. The van der Waals surface area contributed by atoms with Crippen LogP contribution in [0.4, 0.5) is 33.7 Å². The van der Waals surface area contributed by atoms with Crippen LogP contribution in [0.5, 0.6) is 17.4 Å². The number of anilines is 2. The van der Waals surface area contributed by atoms with Crippen molar-refractivity contribution in [1.29, 1.82) is 0 Å². The predicted octanol–water partition coefficient (Wildman–Crippen LogP) is 6.04. The second-order valence-corrected chi connectivity index (χ2v) is 7.86. The molecule has 0 aliphatic carbocycles. The van der Waals surface area contributed by atoms with E-state index in [2.05, 4.69) is 15.6 Å². The average Bonchev–Trinajstić information content (AvgIpc) is 2.83. The van der Waals surface area contributed by atoms with Crippen molar-refractivity contribution in [2.45, 2.75) is 33.1 Å². The van der Waals surface area contributed by atoms with E-state index in [1.54, 1.807) is 32.0 Å². The van der Waals surface area contributed by atoms with Gasteiger partial charge in [0.05, 0.1) is 24.0 Å².